The maximum atomic E-state index is 14.1. The van der Waals surface area contributed by atoms with Crippen molar-refractivity contribution < 1.29 is 9.59 Å². The Hall–Kier alpha value is -4.64. The fraction of sp³-hybridized carbons (Fsp3) is 0.0811. The Kier molecular flexibility index (Phi) is 6.89. The van der Waals surface area contributed by atoms with E-state index < -0.39 is 10.2 Å². The van der Waals surface area contributed by atoms with E-state index in [0.717, 1.165) is 43.8 Å². The van der Waals surface area contributed by atoms with Crippen LogP contribution in [0.4, 0.5) is 0 Å². The van der Waals surface area contributed by atoms with Crippen LogP contribution in [0, 0.1) is 0 Å². The summed E-state index contributed by atoms with van der Waals surface area (Å²) in [6, 6.07) is 39.1. The highest BCUT2D eigenvalue weighted by Gasteiger charge is 2.44. The van der Waals surface area contributed by atoms with Gasteiger partial charge in [-0.1, -0.05) is 138 Å². The second-order valence-corrected chi connectivity index (χ2v) is 12.0. The normalized spacial score (nSPS) is 13.0. The Bertz CT molecular complexity index is 2060. The highest BCUT2D eigenvalue weighted by molar-refractivity contribution is 6.52. The van der Waals surface area contributed by atoms with E-state index >= 15 is 0 Å². The first kappa shape index (κ1) is 27.2. The third-order valence-electron chi connectivity index (χ3n) is 8.19. The number of hydrogen-bond acceptors (Lipinski definition) is 2. The molecule has 6 aromatic rings. The van der Waals surface area contributed by atoms with Gasteiger partial charge in [-0.15, -0.1) is 0 Å². The van der Waals surface area contributed by atoms with E-state index in [1.54, 1.807) is 6.07 Å². The summed E-state index contributed by atoms with van der Waals surface area (Å²) in [6.45, 7) is 0.562. The van der Waals surface area contributed by atoms with Crippen molar-refractivity contribution in [1.29, 1.82) is 0 Å². The maximum absolute atomic E-state index is 14.1. The third kappa shape index (κ3) is 4.73. The second-order valence-electron chi connectivity index (χ2n) is 10.7. The van der Waals surface area contributed by atoms with E-state index in [-0.39, 0.29) is 23.6 Å². The summed E-state index contributed by atoms with van der Waals surface area (Å²) in [4.78, 5) is 28.0. The van der Waals surface area contributed by atoms with Crippen LogP contribution >= 0.6 is 23.2 Å². The minimum Gasteiger partial charge on any atom is -0.348 e. The van der Waals surface area contributed by atoms with Gasteiger partial charge in [-0.3, -0.25) is 9.59 Å². The first-order valence-corrected chi connectivity index (χ1v) is 14.8. The summed E-state index contributed by atoms with van der Waals surface area (Å²) in [6.07, 6.45) is 0. The SMILES string of the molecule is O=C(NCc1cccc2ccccc12)c1ccc2c(c1C(=O)NCc1cccc3ccccc13)C(Cl)(Cl)c1ccccc1-2. The van der Waals surface area contributed by atoms with E-state index in [4.69, 9.17) is 23.2 Å². The Morgan fingerprint density at radius 1 is 0.558 bits per heavy atom. The van der Waals surface area contributed by atoms with Gasteiger partial charge in [-0.05, 0) is 49.9 Å². The summed E-state index contributed by atoms with van der Waals surface area (Å²) in [5, 5.41) is 10.4. The zero-order valence-electron chi connectivity index (χ0n) is 23.0. The summed E-state index contributed by atoms with van der Waals surface area (Å²) in [5.41, 5.74) is 5.02. The average Bonchev–Trinajstić information content (AvgIpc) is 3.28. The Morgan fingerprint density at radius 3 is 1.74 bits per heavy atom. The molecule has 0 radical (unpaired) electrons. The molecule has 0 fully saturated rings. The fourth-order valence-corrected chi connectivity index (χ4v) is 6.85. The number of fused-ring (bicyclic) bond motifs is 5. The van der Waals surface area contributed by atoms with Crippen LogP contribution in [0.15, 0.2) is 121 Å². The van der Waals surface area contributed by atoms with Gasteiger partial charge in [0.1, 0.15) is 0 Å². The molecule has 1 aliphatic rings. The lowest BCUT2D eigenvalue weighted by Gasteiger charge is -2.21. The van der Waals surface area contributed by atoms with Crippen LogP contribution < -0.4 is 10.6 Å². The number of carbonyl (C=O) groups is 2. The zero-order valence-corrected chi connectivity index (χ0v) is 24.5. The van der Waals surface area contributed by atoms with Crippen molar-refractivity contribution in [3.63, 3.8) is 0 Å². The molecule has 1 aliphatic carbocycles. The molecule has 7 rings (SSSR count). The van der Waals surface area contributed by atoms with Crippen molar-refractivity contribution in [2.75, 3.05) is 0 Å². The summed E-state index contributed by atoms with van der Waals surface area (Å²) >= 11 is 14.1. The van der Waals surface area contributed by atoms with Gasteiger partial charge in [0, 0.05) is 24.2 Å². The summed E-state index contributed by atoms with van der Waals surface area (Å²) in [7, 11) is 0. The fourth-order valence-electron chi connectivity index (χ4n) is 6.13. The molecule has 0 unspecified atom stereocenters. The molecule has 0 bridgehead atoms. The monoisotopic (exact) mass is 600 g/mol. The minimum atomic E-state index is -1.51. The van der Waals surface area contributed by atoms with Crippen LogP contribution in [0.5, 0.6) is 0 Å². The van der Waals surface area contributed by atoms with E-state index in [2.05, 4.69) is 10.6 Å². The van der Waals surface area contributed by atoms with Crippen molar-refractivity contribution in [3.8, 4) is 11.1 Å². The van der Waals surface area contributed by atoms with E-state index in [1.165, 1.54) is 0 Å². The number of carbonyl (C=O) groups excluding carboxylic acids is 2. The lowest BCUT2D eigenvalue weighted by molar-refractivity contribution is 0.0916. The number of nitrogens with one attached hydrogen (secondary N) is 2. The first-order valence-electron chi connectivity index (χ1n) is 14.1. The molecule has 0 saturated heterocycles. The van der Waals surface area contributed by atoms with Gasteiger partial charge in [0.2, 0.25) is 0 Å². The van der Waals surface area contributed by atoms with Crippen molar-refractivity contribution in [2.45, 2.75) is 17.4 Å². The predicted octanol–water partition coefficient (Wildman–Crippen LogP) is 8.51. The number of alkyl halides is 2. The van der Waals surface area contributed by atoms with Crippen LogP contribution in [0.1, 0.15) is 43.0 Å². The quantitative estimate of drug-likeness (QED) is 0.188. The van der Waals surface area contributed by atoms with Gasteiger partial charge in [0.15, 0.2) is 4.33 Å². The van der Waals surface area contributed by atoms with Gasteiger partial charge < -0.3 is 10.6 Å². The highest BCUT2D eigenvalue weighted by Crippen LogP contribution is 2.55. The molecule has 0 aromatic heterocycles. The van der Waals surface area contributed by atoms with Gasteiger partial charge in [0.25, 0.3) is 11.8 Å². The average molecular weight is 602 g/mol. The van der Waals surface area contributed by atoms with E-state index in [1.807, 2.05) is 115 Å². The molecule has 6 heteroatoms. The molecule has 43 heavy (non-hydrogen) atoms. The highest BCUT2D eigenvalue weighted by atomic mass is 35.5. The first-order chi connectivity index (χ1) is 20.9. The van der Waals surface area contributed by atoms with Crippen molar-refractivity contribution in [3.05, 3.63) is 155 Å². The second kappa shape index (κ2) is 10.9. The maximum Gasteiger partial charge on any atom is 0.252 e. The van der Waals surface area contributed by atoms with Gasteiger partial charge in [0.05, 0.1) is 11.1 Å². The number of rotatable bonds is 6. The Morgan fingerprint density at radius 2 is 1.09 bits per heavy atom. The smallest absolute Gasteiger partial charge is 0.252 e. The van der Waals surface area contributed by atoms with Crippen LogP contribution in [0.2, 0.25) is 0 Å². The molecular weight excluding hydrogens is 575 g/mol. The van der Waals surface area contributed by atoms with E-state index in [0.29, 0.717) is 17.7 Å². The molecule has 2 amide bonds. The summed E-state index contributed by atoms with van der Waals surface area (Å²) in [5.74, 6) is -0.801. The number of halogens is 2. The van der Waals surface area contributed by atoms with Gasteiger partial charge >= 0.3 is 0 Å². The van der Waals surface area contributed by atoms with Crippen molar-refractivity contribution >= 4 is 56.6 Å². The lowest BCUT2D eigenvalue weighted by atomic mass is 9.94. The Labute approximate surface area is 259 Å². The van der Waals surface area contributed by atoms with Gasteiger partial charge in [-0.2, -0.15) is 0 Å². The third-order valence-corrected chi connectivity index (χ3v) is 8.97. The van der Waals surface area contributed by atoms with Crippen LogP contribution in [0.3, 0.4) is 0 Å². The summed E-state index contributed by atoms with van der Waals surface area (Å²) < 4.78 is -1.51. The topological polar surface area (TPSA) is 58.2 Å². The largest absolute Gasteiger partial charge is 0.348 e. The van der Waals surface area contributed by atoms with Crippen LogP contribution in [-0.4, -0.2) is 11.8 Å². The number of benzene rings is 6. The molecule has 0 saturated carbocycles. The van der Waals surface area contributed by atoms with Crippen LogP contribution in [-0.2, 0) is 17.4 Å². The Balaban J connectivity index is 1.27. The molecule has 0 aliphatic heterocycles. The molecular formula is C37H26Cl2N2O2. The zero-order chi connectivity index (χ0) is 29.6. The lowest BCUT2D eigenvalue weighted by Crippen LogP contribution is -2.31. The standard InChI is InChI=1S/C37H26Cl2N2O2/c38-37(39)32-18-6-5-17-29(32)30-19-20-31(35(42)40-21-25-13-7-11-23-9-1-3-15-27(23)25)33(34(30)37)36(43)41-22-26-14-8-12-24-10-2-4-16-28(24)26/h1-20H,21-22H2,(H,40,42)(H,41,43). The van der Waals surface area contributed by atoms with Gasteiger partial charge in [-0.25, -0.2) is 0 Å². The molecule has 2 N–H and O–H groups in total. The predicted molar refractivity (Wildman–Crippen MR) is 175 cm³/mol. The molecule has 6 aromatic carbocycles. The molecule has 0 heterocycles. The van der Waals surface area contributed by atoms with E-state index in [9.17, 15) is 9.59 Å². The number of hydrogen-bond donors (Lipinski definition) is 2. The van der Waals surface area contributed by atoms with Crippen molar-refractivity contribution in [2.24, 2.45) is 0 Å². The number of amides is 2. The molecule has 4 nitrogen and oxygen atoms in total. The molecule has 0 spiro atoms. The molecule has 210 valence electrons. The van der Waals surface area contributed by atoms with Crippen LogP contribution in [0.25, 0.3) is 32.7 Å². The minimum absolute atomic E-state index is 0.175. The molecule has 0 atom stereocenters. The van der Waals surface area contributed by atoms with Crippen molar-refractivity contribution in [1.82, 2.24) is 10.6 Å².